The van der Waals surface area contributed by atoms with Gasteiger partial charge in [0.2, 0.25) is 0 Å². The number of likely N-dealkylation sites (tertiary alicyclic amines) is 1. The predicted molar refractivity (Wildman–Crippen MR) is 116 cm³/mol. The maximum absolute atomic E-state index is 12.6. The Kier molecular flexibility index (Phi) is 10.3. The van der Waals surface area contributed by atoms with Crippen LogP contribution < -0.4 is 10.8 Å². The summed E-state index contributed by atoms with van der Waals surface area (Å²) in [7, 11) is 0. The molecule has 1 aromatic carbocycles. The van der Waals surface area contributed by atoms with Crippen LogP contribution in [0.4, 0.5) is 19.0 Å². The number of benzene rings is 1. The highest BCUT2D eigenvalue weighted by Crippen LogP contribution is 2.29. The maximum Gasteiger partial charge on any atom is 0.416 e. The Bertz CT molecular complexity index is 862. The Hall–Kier alpha value is -2.33. The van der Waals surface area contributed by atoms with E-state index in [1.165, 1.54) is 29.8 Å². The van der Waals surface area contributed by atoms with Crippen LogP contribution in [0.25, 0.3) is 6.08 Å². The van der Waals surface area contributed by atoms with Crippen molar-refractivity contribution in [2.45, 2.75) is 25.2 Å². The van der Waals surface area contributed by atoms with E-state index in [0.29, 0.717) is 12.4 Å². The first-order chi connectivity index (χ1) is 13.8. The lowest BCUT2D eigenvalue weighted by Crippen LogP contribution is -2.26. The molecule has 0 radical (unpaired) electrons. The van der Waals surface area contributed by atoms with E-state index in [1.54, 1.807) is 18.3 Å². The van der Waals surface area contributed by atoms with Gasteiger partial charge in [0.15, 0.2) is 0 Å². The standard InChI is InChI=1S/C20H21F3N4O2.2ClH/c21-20(22,23)16-5-1-15(2-6-16)12-27-10-9-17(13-27)25-18-7-3-14(11-24-18)4-8-19(28)26-29;;/h1-8,11,17,29H,9-10,12-13H2,(H,24,25)(H,26,28);2*1H/b8-4+;;/t17-;;/m1../s1. The van der Waals surface area contributed by atoms with Crippen LogP contribution in [-0.2, 0) is 17.5 Å². The van der Waals surface area contributed by atoms with Crippen LogP contribution in [-0.4, -0.2) is 40.1 Å². The number of carbonyl (C=O) groups is 1. The minimum atomic E-state index is -4.31. The summed E-state index contributed by atoms with van der Waals surface area (Å²) in [4.78, 5) is 17.5. The first-order valence-corrected chi connectivity index (χ1v) is 9.07. The number of hydroxylamine groups is 1. The van der Waals surface area contributed by atoms with Crippen molar-refractivity contribution in [3.63, 3.8) is 0 Å². The van der Waals surface area contributed by atoms with Crippen molar-refractivity contribution < 1.29 is 23.2 Å². The van der Waals surface area contributed by atoms with Crippen LogP contribution in [0, 0.1) is 0 Å². The Labute approximate surface area is 190 Å². The molecule has 1 amide bonds. The second-order valence-electron chi connectivity index (χ2n) is 6.85. The normalized spacial score (nSPS) is 16.5. The molecule has 170 valence electrons. The molecule has 1 aliphatic rings. The van der Waals surface area contributed by atoms with Crippen LogP contribution in [0.5, 0.6) is 0 Å². The minimum Gasteiger partial charge on any atom is -0.366 e. The summed E-state index contributed by atoms with van der Waals surface area (Å²) >= 11 is 0. The number of pyridine rings is 1. The number of anilines is 1. The van der Waals surface area contributed by atoms with Gasteiger partial charge < -0.3 is 5.32 Å². The van der Waals surface area contributed by atoms with E-state index in [4.69, 9.17) is 5.21 Å². The average Bonchev–Trinajstić information content (AvgIpc) is 3.13. The predicted octanol–water partition coefficient (Wildman–Crippen LogP) is 4.15. The van der Waals surface area contributed by atoms with Crippen molar-refractivity contribution in [1.82, 2.24) is 15.4 Å². The fraction of sp³-hybridized carbons (Fsp3) is 0.300. The lowest BCUT2D eigenvalue weighted by molar-refractivity contribution is -0.137. The Morgan fingerprint density at radius 2 is 1.90 bits per heavy atom. The lowest BCUT2D eigenvalue weighted by atomic mass is 10.1. The molecule has 6 nitrogen and oxygen atoms in total. The lowest BCUT2D eigenvalue weighted by Gasteiger charge is -2.17. The van der Waals surface area contributed by atoms with Gasteiger partial charge in [-0.15, -0.1) is 24.8 Å². The number of alkyl halides is 3. The van der Waals surface area contributed by atoms with Crippen molar-refractivity contribution in [1.29, 1.82) is 0 Å². The number of hydrogen-bond donors (Lipinski definition) is 3. The summed E-state index contributed by atoms with van der Waals surface area (Å²) < 4.78 is 37.9. The first kappa shape index (κ1) is 26.7. The quantitative estimate of drug-likeness (QED) is 0.330. The highest BCUT2D eigenvalue weighted by Gasteiger charge is 2.30. The number of halogens is 5. The molecule has 1 aromatic heterocycles. The van der Waals surface area contributed by atoms with E-state index in [1.807, 2.05) is 0 Å². The molecule has 1 aliphatic heterocycles. The molecule has 0 aliphatic carbocycles. The van der Waals surface area contributed by atoms with Crippen LogP contribution in [0.3, 0.4) is 0 Å². The molecule has 0 saturated carbocycles. The molecule has 0 bridgehead atoms. The van der Waals surface area contributed by atoms with Gasteiger partial charge in [-0.1, -0.05) is 12.1 Å². The zero-order chi connectivity index (χ0) is 20.9. The van der Waals surface area contributed by atoms with Crippen molar-refractivity contribution in [2.75, 3.05) is 18.4 Å². The summed E-state index contributed by atoms with van der Waals surface area (Å²) in [5.74, 6) is 0.0847. The fourth-order valence-corrected chi connectivity index (χ4v) is 3.16. The molecule has 0 unspecified atom stereocenters. The molecular weight excluding hydrogens is 456 g/mol. The van der Waals surface area contributed by atoms with Gasteiger partial charge in [-0.05, 0) is 47.9 Å². The number of carbonyl (C=O) groups excluding carboxylic acids is 1. The molecule has 3 rings (SSSR count). The number of nitrogens with zero attached hydrogens (tertiary/aromatic N) is 2. The Morgan fingerprint density at radius 1 is 1.19 bits per heavy atom. The summed E-state index contributed by atoms with van der Waals surface area (Å²) in [5.41, 5.74) is 2.44. The van der Waals surface area contributed by atoms with Gasteiger partial charge in [0.1, 0.15) is 5.82 Å². The first-order valence-electron chi connectivity index (χ1n) is 9.07. The number of aromatic nitrogens is 1. The van der Waals surface area contributed by atoms with Gasteiger partial charge in [-0.2, -0.15) is 13.2 Å². The van der Waals surface area contributed by atoms with E-state index < -0.39 is 17.6 Å². The second-order valence-corrected chi connectivity index (χ2v) is 6.85. The van der Waals surface area contributed by atoms with Gasteiger partial charge in [-0.25, -0.2) is 10.5 Å². The molecule has 0 spiro atoms. The van der Waals surface area contributed by atoms with Crippen molar-refractivity contribution in [3.8, 4) is 0 Å². The average molecular weight is 479 g/mol. The molecule has 1 fully saturated rings. The molecule has 2 heterocycles. The summed E-state index contributed by atoms with van der Waals surface area (Å²) in [6, 6.07) is 9.07. The monoisotopic (exact) mass is 478 g/mol. The summed E-state index contributed by atoms with van der Waals surface area (Å²) in [5, 5.41) is 11.8. The van der Waals surface area contributed by atoms with E-state index in [2.05, 4.69) is 15.2 Å². The molecule has 3 N–H and O–H groups in total. The maximum atomic E-state index is 12.6. The molecule has 1 saturated heterocycles. The third kappa shape index (κ3) is 8.02. The third-order valence-corrected chi connectivity index (χ3v) is 4.64. The zero-order valence-electron chi connectivity index (χ0n) is 16.3. The molecule has 2 aromatic rings. The zero-order valence-corrected chi connectivity index (χ0v) is 17.9. The van der Waals surface area contributed by atoms with Crippen LogP contribution in [0.2, 0.25) is 0 Å². The van der Waals surface area contributed by atoms with E-state index in [0.717, 1.165) is 42.8 Å². The summed E-state index contributed by atoms with van der Waals surface area (Å²) in [6.45, 7) is 2.21. The highest BCUT2D eigenvalue weighted by molar-refractivity contribution is 5.90. The summed E-state index contributed by atoms with van der Waals surface area (Å²) in [6.07, 6.45) is 0.924. The number of nitrogens with one attached hydrogen (secondary N) is 2. The second kappa shape index (κ2) is 11.9. The highest BCUT2D eigenvalue weighted by atomic mass is 35.5. The van der Waals surface area contributed by atoms with Gasteiger partial charge in [0.25, 0.3) is 5.91 Å². The van der Waals surface area contributed by atoms with Gasteiger partial charge in [0, 0.05) is 37.9 Å². The van der Waals surface area contributed by atoms with Crippen molar-refractivity contribution >= 4 is 42.6 Å². The largest absolute Gasteiger partial charge is 0.416 e. The van der Waals surface area contributed by atoms with Gasteiger partial charge >= 0.3 is 6.18 Å². The smallest absolute Gasteiger partial charge is 0.366 e. The van der Waals surface area contributed by atoms with Gasteiger partial charge in [-0.3, -0.25) is 14.9 Å². The van der Waals surface area contributed by atoms with Gasteiger partial charge in [0.05, 0.1) is 5.56 Å². The van der Waals surface area contributed by atoms with Crippen molar-refractivity contribution in [3.05, 3.63) is 65.4 Å². The van der Waals surface area contributed by atoms with E-state index >= 15 is 0 Å². The van der Waals surface area contributed by atoms with E-state index in [-0.39, 0.29) is 30.9 Å². The van der Waals surface area contributed by atoms with E-state index in [9.17, 15) is 18.0 Å². The molecular formula is C20H23Cl2F3N4O2. The molecule has 1 atom stereocenters. The Balaban J connectivity index is 0.00000240. The molecule has 31 heavy (non-hydrogen) atoms. The number of amides is 1. The SMILES string of the molecule is Cl.Cl.O=C(/C=C/c1ccc(N[C@@H]2CCN(Cc3ccc(C(F)(F)F)cc3)C2)nc1)NO. The third-order valence-electron chi connectivity index (χ3n) is 4.64. The number of rotatable bonds is 6. The topological polar surface area (TPSA) is 77.5 Å². The Morgan fingerprint density at radius 3 is 2.48 bits per heavy atom. The van der Waals surface area contributed by atoms with Crippen molar-refractivity contribution in [2.24, 2.45) is 0 Å². The number of hydrogen-bond acceptors (Lipinski definition) is 5. The molecule has 11 heteroatoms. The van der Waals surface area contributed by atoms with Crippen LogP contribution in [0.15, 0.2) is 48.7 Å². The fourth-order valence-electron chi connectivity index (χ4n) is 3.16. The van der Waals surface area contributed by atoms with Crippen LogP contribution >= 0.6 is 24.8 Å². The minimum absolute atomic E-state index is 0. The van der Waals surface area contributed by atoms with Crippen LogP contribution in [0.1, 0.15) is 23.1 Å².